The zero-order chi connectivity index (χ0) is 13.2. The zero-order valence-electron chi connectivity index (χ0n) is 11.7. The highest BCUT2D eigenvalue weighted by Gasteiger charge is 2.11. The standard InChI is InChI=1S/C14H27N3S/c1-12(2)13(5-7-15)4-3-8-16-9-6-14-17-10-11-18-14/h10-13,16H,3-9,15H2,1-2H3. The summed E-state index contributed by atoms with van der Waals surface area (Å²) >= 11 is 1.74. The van der Waals surface area contributed by atoms with Gasteiger partial charge in [0.05, 0.1) is 5.01 Å². The van der Waals surface area contributed by atoms with E-state index in [1.54, 1.807) is 11.3 Å². The molecule has 1 atom stereocenters. The molecule has 104 valence electrons. The number of hydrogen-bond donors (Lipinski definition) is 2. The summed E-state index contributed by atoms with van der Waals surface area (Å²) in [5, 5.41) is 6.76. The first-order chi connectivity index (χ1) is 8.74. The van der Waals surface area contributed by atoms with E-state index in [4.69, 9.17) is 5.73 Å². The average molecular weight is 269 g/mol. The molecule has 0 aliphatic rings. The van der Waals surface area contributed by atoms with E-state index < -0.39 is 0 Å². The van der Waals surface area contributed by atoms with Crippen molar-refractivity contribution in [3.05, 3.63) is 16.6 Å². The molecule has 0 saturated carbocycles. The van der Waals surface area contributed by atoms with Gasteiger partial charge in [-0.1, -0.05) is 13.8 Å². The van der Waals surface area contributed by atoms with Crippen molar-refractivity contribution in [3.8, 4) is 0 Å². The third kappa shape index (κ3) is 6.47. The number of hydrogen-bond acceptors (Lipinski definition) is 4. The highest BCUT2D eigenvalue weighted by molar-refractivity contribution is 7.09. The fraction of sp³-hybridized carbons (Fsp3) is 0.786. The molecular weight excluding hydrogens is 242 g/mol. The smallest absolute Gasteiger partial charge is 0.0937 e. The van der Waals surface area contributed by atoms with E-state index in [0.29, 0.717) is 0 Å². The second kappa shape index (κ2) is 9.48. The Kier molecular flexibility index (Phi) is 8.22. The summed E-state index contributed by atoms with van der Waals surface area (Å²) in [6.45, 7) is 7.57. The number of rotatable bonds is 10. The lowest BCUT2D eigenvalue weighted by molar-refractivity contribution is 0.331. The van der Waals surface area contributed by atoms with Crippen LogP contribution in [-0.2, 0) is 6.42 Å². The highest BCUT2D eigenvalue weighted by atomic mass is 32.1. The molecule has 4 heteroatoms. The molecule has 1 heterocycles. The van der Waals surface area contributed by atoms with Crippen LogP contribution in [0.4, 0.5) is 0 Å². The Morgan fingerprint density at radius 3 is 2.78 bits per heavy atom. The van der Waals surface area contributed by atoms with Gasteiger partial charge in [-0.15, -0.1) is 11.3 Å². The molecule has 0 fully saturated rings. The van der Waals surface area contributed by atoms with Crippen LogP contribution in [0.3, 0.4) is 0 Å². The monoisotopic (exact) mass is 269 g/mol. The molecule has 3 nitrogen and oxygen atoms in total. The van der Waals surface area contributed by atoms with Crippen LogP contribution in [0.2, 0.25) is 0 Å². The molecule has 0 spiro atoms. The highest BCUT2D eigenvalue weighted by Crippen LogP contribution is 2.19. The van der Waals surface area contributed by atoms with E-state index >= 15 is 0 Å². The van der Waals surface area contributed by atoms with Crippen molar-refractivity contribution in [2.45, 2.75) is 39.5 Å². The van der Waals surface area contributed by atoms with E-state index in [1.807, 2.05) is 11.6 Å². The number of aromatic nitrogens is 1. The largest absolute Gasteiger partial charge is 0.330 e. The van der Waals surface area contributed by atoms with Gasteiger partial charge in [0.2, 0.25) is 0 Å². The van der Waals surface area contributed by atoms with Crippen LogP contribution in [-0.4, -0.2) is 24.6 Å². The topological polar surface area (TPSA) is 50.9 Å². The average Bonchev–Trinajstić information content (AvgIpc) is 2.84. The van der Waals surface area contributed by atoms with Crippen molar-refractivity contribution >= 4 is 11.3 Å². The molecule has 1 aromatic rings. The normalized spacial score (nSPS) is 13.1. The maximum Gasteiger partial charge on any atom is 0.0937 e. The van der Waals surface area contributed by atoms with Crippen LogP contribution >= 0.6 is 11.3 Å². The summed E-state index contributed by atoms with van der Waals surface area (Å²) in [6.07, 6.45) is 6.63. The van der Waals surface area contributed by atoms with E-state index in [0.717, 1.165) is 44.3 Å². The van der Waals surface area contributed by atoms with Crippen LogP contribution in [0.15, 0.2) is 11.6 Å². The minimum absolute atomic E-state index is 0.754. The van der Waals surface area contributed by atoms with Gasteiger partial charge in [-0.05, 0) is 44.2 Å². The maximum atomic E-state index is 5.65. The second-order valence-corrected chi connectivity index (χ2v) is 6.13. The molecule has 0 saturated heterocycles. The lowest BCUT2D eigenvalue weighted by Crippen LogP contribution is -2.21. The predicted octanol–water partition coefficient (Wildman–Crippen LogP) is 2.68. The van der Waals surface area contributed by atoms with Crippen molar-refractivity contribution in [2.75, 3.05) is 19.6 Å². The Labute approximate surface area is 115 Å². The predicted molar refractivity (Wildman–Crippen MR) is 79.9 cm³/mol. The van der Waals surface area contributed by atoms with Crippen molar-refractivity contribution in [1.29, 1.82) is 0 Å². The Bertz CT molecular complexity index is 285. The van der Waals surface area contributed by atoms with Crippen LogP contribution in [0.25, 0.3) is 0 Å². The molecule has 18 heavy (non-hydrogen) atoms. The molecule has 0 bridgehead atoms. The number of nitrogens with zero attached hydrogens (tertiary/aromatic N) is 1. The van der Waals surface area contributed by atoms with Gasteiger partial charge in [-0.3, -0.25) is 0 Å². The fourth-order valence-corrected chi connectivity index (χ4v) is 2.83. The Hall–Kier alpha value is -0.450. The van der Waals surface area contributed by atoms with Gasteiger partial charge >= 0.3 is 0 Å². The first kappa shape index (κ1) is 15.6. The second-order valence-electron chi connectivity index (χ2n) is 5.15. The SMILES string of the molecule is CC(C)C(CCN)CCCNCCc1nccs1. The minimum atomic E-state index is 0.754. The Balaban J connectivity index is 2.00. The quantitative estimate of drug-likeness (QED) is 0.642. The lowest BCUT2D eigenvalue weighted by atomic mass is 9.88. The number of nitrogens with two attached hydrogens (primary N) is 1. The molecule has 0 radical (unpaired) electrons. The van der Waals surface area contributed by atoms with Crippen LogP contribution < -0.4 is 11.1 Å². The summed E-state index contributed by atoms with van der Waals surface area (Å²) < 4.78 is 0. The third-order valence-corrected chi connectivity index (χ3v) is 4.25. The van der Waals surface area contributed by atoms with Gasteiger partial charge in [0.25, 0.3) is 0 Å². The van der Waals surface area contributed by atoms with E-state index in [-0.39, 0.29) is 0 Å². The summed E-state index contributed by atoms with van der Waals surface area (Å²) in [5.74, 6) is 1.54. The van der Waals surface area contributed by atoms with Crippen LogP contribution in [0, 0.1) is 11.8 Å². The van der Waals surface area contributed by atoms with Gasteiger partial charge in [0.15, 0.2) is 0 Å². The summed E-state index contributed by atoms with van der Waals surface area (Å²) in [4.78, 5) is 4.27. The van der Waals surface area contributed by atoms with Gasteiger partial charge in [-0.2, -0.15) is 0 Å². The lowest BCUT2D eigenvalue weighted by Gasteiger charge is -2.19. The van der Waals surface area contributed by atoms with E-state index in [1.165, 1.54) is 17.8 Å². The van der Waals surface area contributed by atoms with E-state index in [2.05, 4.69) is 24.1 Å². The Morgan fingerprint density at radius 2 is 2.17 bits per heavy atom. The minimum Gasteiger partial charge on any atom is -0.330 e. The first-order valence-corrected chi connectivity index (χ1v) is 7.91. The molecule has 1 aromatic heterocycles. The molecule has 0 aliphatic heterocycles. The number of nitrogens with one attached hydrogen (secondary N) is 1. The summed E-state index contributed by atoms with van der Waals surface area (Å²) in [6, 6.07) is 0. The van der Waals surface area contributed by atoms with Gasteiger partial charge in [0, 0.05) is 24.5 Å². The molecule has 0 aromatic carbocycles. The molecule has 3 N–H and O–H groups in total. The molecule has 1 unspecified atom stereocenters. The van der Waals surface area contributed by atoms with Gasteiger partial charge in [-0.25, -0.2) is 4.98 Å². The van der Waals surface area contributed by atoms with E-state index in [9.17, 15) is 0 Å². The van der Waals surface area contributed by atoms with Crippen LogP contribution in [0.1, 0.15) is 38.1 Å². The summed E-state index contributed by atoms with van der Waals surface area (Å²) in [5.41, 5.74) is 5.65. The molecule has 1 rings (SSSR count). The fourth-order valence-electron chi connectivity index (χ4n) is 2.21. The molecule has 0 aliphatic carbocycles. The maximum absolute atomic E-state index is 5.65. The van der Waals surface area contributed by atoms with Gasteiger partial charge in [0.1, 0.15) is 0 Å². The van der Waals surface area contributed by atoms with Gasteiger partial charge < -0.3 is 11.1 Å². The third-order valence-electron chi connectivity index (χ3n) is 3.41. The zero-order valence-corrected chi connectivity index (χ0v) is 12.5. The first-order valence-electron chi connectivity index (χ1n) is 7.03. The van der Waals surface area contributed by atoms with Crippen molar-refractivity contribution in [2.24, 2.45) is 17.6 Å². The van der Waals surface area contributed by atoms with Crippen molar-refractivity contribution < 1.29 is 0 Å². The Morgan fingerprint density at radius 1 is 1.33 bits per heavy atom. The molecule has 0 amide bonds. The van der Waals surface area contributed by atoms with Crippen LogP contribution in [0.5, 0.6) is 0 Å². The summed E-state index contributed by atoms with van der Waals surface area (Å²) in [7, 11) is 0. The van der Waals surface area contributed by atoms with Crippen molar-refractivity contribution in [3.63, 3.8) is 0 Å². The molecular formula is C14H27N3S. The van der Waals surface area contributed by atoms with Crippen molar-refractivity contribution in [1.82, 2.24) is 10.3 Å². The number of thiazole rings is 1.